The monoisotopic (exact) mass is 360 g/mol. The highest BCUT2D eigenvalue weighted by Gasteiger charge is 2.64. The van der Waals surface area contributed by atoms with Crippen molar-refractivity contribution in [3.63, 3.8) is 0 Å². The van der Waals surface area contributed by atoms with Gasteiger partial charge in [0.2, 0.25) is 0 Å². The van der Waals surface area contributed by atoms with E-state index in [2.05, 4.69) is 12.2 Å². The van der Waals surface area contributed by atoms with Gasteiger partial charge in [0, 0.05) is 0 Å². The molecule has 8 unspecified atom stereocenters. The summed E-state index contributed by atoms with van der Waals surface area (Å²) < 4.78 is 17.3. The summed E-state index contributed by atoms with van der Waals surface area (Å²) in [5.41, 5.74) is 0. The zero-order valence-electron chi connectivity index (χ0n) is 15.3. The first-order valence-corrected chi connectivity index (χ1v) is 10.4. The lowest BCUT2D eigenvalue weighted by molar-refractivity contribution is -0.175. The molecule has 0 aromatic rings. The number of rotatable bonds is 5. The Hall–Kier alpha value is -1.36. The van der Waals surface area contributed by atoms with Gasteiger partial charge in [-0.3, -0.25) is 4.79 Å². The lowest BCUT2D eigenvalue weighted by atomic mass is 9.69. The second kappa shape index (κ2) is 6.36. The van der Waals surface area contributed by atoms with Crippen LogP contribution in [0.15, 0.2) is 12.2 Å². The highest BCUT2D eigenvalue weighted by Crippen LogP contribution is 2.61. The van der Waals surface area contributed by atoms with Crippen molar-refractivity contribution in [1.29, 1.82) is 0 Å². The number of fused-ring (bicyclic) bond motifs is 9. The van der Waals surface area contributed by atoms with Gasteiger partial charge in [-0.2, -0.15) is 0 Å². The minimum atomic E-state index is -0.780. The summed E-state index contributed by atoms with van der Waals surface area (Å²) in [6.45, 7) is 1.86. The molecule has 0 spiro atoms. The minimum absolute atomic E-state index is 0.00247. The number of allylic oxidation sites excluding steroid dienone is 2. The molecule has 8 atom stereocenters. The third-order valence-electron chi connectivity index (χ3n) is 7.39. The number of hydrogen-bond acceptors (Lipinski definition) is 5. The molecule has 5 rings (SSSR count). The van der Waals surface area contributed by atoms with Crippen LogP contribution in [-0.4, -0.2) is 36.4 Å². The molecule has 0 N–H and O–H groups in total. The molecular formula is C21H28O5. The summed E-state index contributed by atoms with van der Waals surface area (Å²) in [5.74, 6) is 1.39. The Morgan fingerprint density at radius 2 is 1.85 bits per heavy atom. The van der Waals surface area contributed by atoms with Gasteiger partial charge in [-0.25, -0.2) is 4.79 Å². The zero-order chi connectivity index (χ0) is 17.8. The summed E-state index contributed by atoms with van der Waals surface area (Å²) in [7, 11) is 0. The maximum Gasteiger partial charge on any atom is 0.347 e. The Morgan fingerprint density at radius 3 is 2.58 bits per heavy atom. The highest BCUT2D eigenvalue weighted by molar-refractivity contribution is 5.81. The lowest BCUT2D eigenvalue weighted by Gasteiger charge is -2.32. The van der Waals surface area contributed by atoms with E-state index in [1.165, 1.54) is 6.42 Å². The molecule has 4 bridgehead atoms. The average molecular weight is 360 g/mol. The number of carbonyl (C=O) groups is 2. The van der Waals surface area contributed by atoms with Crippen LogP contribution >= 0.6 is 0 Å². The fraction of sp³-hybridized carbons (Fsp3) is 0.810. The van der Waals surface area contributed by atoms with Gasteiger partial charge in [0.15, 0.2) is 6.10 Å². The molecule has 5 nitrogen and oxygen atoms in total. The normalized spacial score (nSPS) is 43.7. The van der Waals surface area contributed by atoms with E-state index in [1.54, 1.807) is 0 Å². The minimum Gasteiger partial charge on any atom is -0.460 e. The Kier molecular flexibility index (Phi) is 4.11. The van der Waals surface area contributed by atoms with Crippen LogP contribution in [0.4, 0.5) is 0 Å². The van der Waals surface area contributed by atoms with Crippen molar-refractivity contribution in [2.45, 2.75) is 76.3 Å². The van der Waals surface area contributed by atoms with Crippen LogP contribution in [-0.2, 0) is 23.8 Å². The number of esters is 2. The van der Waals surface area contributed by atoms with Crippen LogP contribution < -0.4 is 0 Å². The van der Waals surface area contributed by atoms with Crippen LogP contribution in [0, 0.1) is 29.6 Å². The summed E-state index contributed by atoms with van der Waals surface area (Å²) >= 11 is 0. The van der Waals surface area contributed by atoms with Gasteiger partial charge >= 0.3 is 11.9 Å². The second-order valence-electron chi connectivity index (χ2n) is 8.76. The molecule has 0 radical (unpaired) electrons. The molecule has 26 heavy (non-hydrogen) atoms. The molecule has 2 saturated carbocycles. The lowest BCUT2D eigenvalue weighted by Crippen LogP contribution is -2.41. The zero-order valence-corrected chi connectivity index (χ0v) is 15.3. The molecule has 2 heterocycles. The third-order valence-corrected chi connectivity index (χ3v) is 7.39. The van der Waals surface area contributed by atoms with Crippen molar-refractivity contribution in [3.05, 3.63) is 12.2 Å². The summed E-state index contributed by atoms with van der Waals surface area (Å²) in [6.07, 6.45) is 10.5. The number of ether oxygens (including phenoxy) is 3. The predicted octanol–water partition coefficient (Wildman–Crippen LogP) is 3.02. The van der Waals surface area contributed by atoms with Gasteiger partial charge < -0.3 is 14.2 Å². The highest BCUT2D eigenvalue weighted by atomic mass is 16.6. The van der Waals surface area contributed by atoms with E-state index in [1.807, 2.05) is 6.92 Å². The van der Waals surface area contributed by atoms with Crippen molar-refractivity contribution < 1.29 is 23.8 Å². The largest absolute Gasteiger partial charge is 0.460 e. The van der Waals surface area contributed by atoms with E-state index >= 15 is 0 Å². The van der Waals surface area contributed by atoms with Crippen LogP contribution in [0.5, 0.6) is 0 Å². The molecule has 0 aromatic carbocycles. The smallest absolute Gasteiger partial charge is 0.347 e. The topological polar surface area (TPSA) is 61.8 Å². The van der Waals surface area contributed by atoms with Crippen molar-refractivity contribution in [2.75, 3.05) is 0 Å². The maximum atomic E-state index is 12.8. The van der Waals surface area contributed by atoms with Crippen LogP contribution in [0.1, 0.15) is 51.9 Å². The van der Waals surface area contributed by atoms with Gasteiger partial charge in [-0.05, 0) is 68.6 Å². The first-order valence-electron chi connectivity index (χ1n) is 10.4. The Bertz CT molecular complexity index is 622. The predicted molar refractivity (Wildman–Crippen MR) is 93.0 cm³/mol. The second-order valence-corrected chi connectivity index (χ2v) is 8.76. The van der Waals surface area contributed by atoms with E-state index < -0.39 is 6.10 Å². The first-order chi connectivity index (χ1) is 12.7. The summed E-state index contributed by atoms with van der Waals surface area (Å²) in [6, 6.07) is 0. The van der Waals surface area contributed by atoms with Gasteiger partial charge in [-0.1, -0.05) is 19.1 Å². The standard InChI is InChI=1S/C21H28O5/c1-2-15(21(23)24-13-5-3-4-6-13)26-20(22)14-10-16-17-11-7-8-12(9-11)18(17)19(14)25-16/h7-8,11-19H,2-6,9-10H2,1H3. The number of carbonyl (C=O) groups excluding carboxylic acids is 2. The molecule has 4 fully saturated rings. The molecule has 3 aliphatic carbocycles. The van der Waals surface area contributed by atoms with E-state index in [-0.39, 0.29) is 36.2 Å². The summed E-state index contributed by atoms with van der Waals surface area (Å²) in [4.78, 5) is 25.2. The third kappa shape index (κ3) is 2.54. The molecule has 142 valence electrons. The van der Waals surface area contributed by atoms with Gasteiger partial charge in [-0.15, -0.1) is 0 Å². The number of hydrogen-bond donors (Lipinski definition) is 0. The maximum absolute atomic E-state index is 12.8. The van der Waals surface area contributed by atoms with E-state index in [0.29, 0.717) is 30.1 Å². The van der Waals surface area contributed by atoms with E-state index in [0.717, 1.165) is 32.1 Å². The van der Waals surface area contributed by atoms with E-state index in [4.69, 9.17) is 14.2 Å². The quantitative estimate of drug-likeness (QED) is 0.557. The van der Waals surface area contributed by atoms with E-state index in [9.17, 15) is 9.59 Å². The van der Waals surface area contributed by atoms with Gasteiger partial charge in [0.05, 0.1) is 18.1 Å². The van der Waals surface area contributed by atoms with Crippen LogP contribution in [0.2, 0.25) is 0 Å². The molecule has 5 heteroatoms. The van der Waals surface area contributed by atoms with Crippen molar-refractivity contribution in [3.8, 4) is 0 Å². The first kappa shape index (κ1) is 16.8. The van der Waals surface area contributed by atoms with Crippen LogP contribution in [0.3, 0.4) is 0 Å². The van der Waals surface area contributed by atoms with Gasteiger partial charge in [0.1, 0.15) is 6.10 Å². The Morgan fingerprint density at radius 1 is 1.12 bits per heavy atom. The van der Waals surface area contributed by atoms with Gasteiger partial charge in [0.25, 0.3) is 0 Å². The SMILES string of the molecule is CCC(OC(=O)C1CC2OC1C1C3C=CC(C3)C21)C(=O)OC1CCCC1. The molecule has 2 saturated heterocycles. The van der Waals surface area contributed by atoms with Crippen LogP contribution in [0.25, 0.3) is 0 Å². The van der Waals surface area contributed by atoms with Crippen molar-refractivity contribution >= 4 is 11.9 Å². The molecule has 5 aliphatic rings. The average Bonchev–Trinajstić information content (AvgIpc) is 3.44. The summed E-state index contributed by atoms with van der Waals surface area (Å²) in [5, 5.41) is 0. The Balaban J connectivity index is 1.21. The van der Waals surface area contributed by atoms with Crippen molar-refractivity contribution in [2.24, 2.45) is 29.6 Å². The molecular weight excluding hydrogens is 332 g/mol. The fourth-order valence-corrected chi connectivity index (χ4v) is 6.23. The Labute approximate surface area is 154 Å². The van der Waals surface area contributed by atoms with Crippen molar-refractivity contribution in [1.82, 2.24) is 0 Å². The molecule has 0 aromatic heterocycles. The molecule has 2 aliphatic heterocycles. The molecule has 0 amide bonds. The fourth-order valence-electron chi connectivity index (χ4n) is 6.23.